The van der Waals surface area contributed by atoms with Gasteiger partial charge in [0.25, 0.3) is 5.56 Å². The molecule has 160 valence electrons. The fourth-order valence-electron chi connectivity index (χ4n) is 3.11. The van der Waals surface area contributed by atoms with E-state index in [0.29, 0.717) is 0 Å². The highest BCUT2D eigenvalue weighted by molar-refractivity contribution is 5.97. The molecule has 1 aromatic heterocycles. The number of rotatable bonds is 7. The van der Waals surface area contributed by atoms with Crippen molar-refractivity contribution in [3.63, 3.8) is 0 Å². The highest BCUT2D eigenvalue weighted by atomic mass is 16.6. The van der Waals surface area contributed by atoms with Crippen molar-refractivity contribution in [3.8, 4) is 0 Å². The number of hydrogen-bond donors (Lipinski definition) is 3. The van der Waals surface area contributed by atoms with Crippen LogP contribution in [-0.2, 0) is 23.9 Å². The fraction of sp³-hybridized carbons (Fsp3) is 0.611. The van der Waals surface area contributed by atoms with Gasteiger partial charge in [-0.15, -0.1) is 0 Å². The molecule has 0 aromatic carbocycles. The molecule has 11 nitrogen and oxygen atoms in total. The number of aromatic nitrogens is 2. The Labute approximate surface area is 167 Å². The molecule has 2 heterocycles. The molecule has 0 bridgehead atoms. The minimum absolute atomic E-state index is 0.0196. The molecule has 1 aliphatic rings. The minimum Gasteiger partial charge on any atom is -0.459 e. The molecular formula is C18H27N5O6. The summed E-state index contributed by atoms with van der Waals surface area (Å²) in [6.07, 6.45) is -1.50. The van der Waals surface area contributed by atoms with Gasteiger partial charge in [0.05, 0.1) is 6.04 Å². The lowest BCUT2D eigenvalue weighted by atomic mass is 10.0. The maximum atomic E-state index is 12.8. The summed E-state index contributed by atoms with van der Waals surface area (Å²) in [4.78, 5) is 56.8. The van der Waals surface area contributed by atoms with Crippen LogP contribution in [0.2, 0.25) is 0 Å². The lowest BCUT2D eigenvalue weighted by molar-refractivity contribution is -0.168. The second kappa shape index (κ2) is 9.39. The number of carbonyl (C=O) groups excluding carboxylic acids is 3. The summed E-state index contributed by atoms with van der Waals surface area (Å²) in [5.74, 6) is -1.31. The Morgan fingerprint density at radius 3 is 2.38 bits per heavy atom. The molecule has 1 aliphatic heterocycles. The van der Waals surface area contributed by atoms with E-state index in [9.17, 15) is 19.2 Å². The molecule has 1 unspecified atom stereocenters. The first-order chi connectivity index (χ1) is 13.7. The molecule has 2 rings (SSSR count). The second-order valence-electron chi connectivity index (χ2n) is 6.57. The number of fused-ring (bicyclic) bond motifs is 1. The third kappa shape index (κ3) is 4.84. The number of amides is 1. The number of esters is 2. The number of anilines is 3. The van der Waals surface area contributed by atoms with Crippen molar-refractivity contribution >= 4 is 35.3 Å². The van der Waals surface area contributed by atoms with Gasteiger partial charge in [-0.05, 0) is 6.92 Å². The van der Waals surface area contributed by atoms with E-state index in [-0.39, 0.29) is 49.2 Å². The number of hydrogen-bond acceptors (Lipinski definition) is 9. The van der Waals surface area contributed by atoms with Crippen LogP contribution in [0.15, 0.2) is 4.79 Å². The lowest BCUT2D eigenvalue weighted by Crippen LogP contribution is -2.59. The number of aromatic amines is 1. The van der Waals surface area contributed by atoms with Gasteiger partial charge in [0, 0.05) is 25.8 Å². The van der Waals surface area contributed by atoms with Gasteiger partial charge in [0.1, 0.15) is 6.10 Å². The van der Waals surface area contributed by atoms with E-state index in [4.69, 9.17) is 15.2 Å². The lowest BCUT2D eigenvalue weighted by Gasteiger charge is -2.41. The van der Waals surface area contributed by atoms with E-state index in [1.807, 2.05) is 0 Å². The monoisotopic (exact) mass is 409 g/mol. The van der Waals surface area contributed by atoms with Crippen molar-refractivity contribution in [2.24, 2.45) is 0 Å². The molecule has 0 spiro atoms. The summed E-state index contributed by atoms with van der Waals surface area (Å²) in [5, 5.41) is 2.96. The summed E-state index contributed by atoms with van der Waals surface area (Å²) in [5.41, 5.74) is 4.97. The number of ether oxygens (including phenoxy) is 2. The number of nitrogen functional groups attached to an aromatic ring is 1. The van der Waals surface area contributed by atoms with E-state index < -0.39 is 35.7 Å². The van der Waals surface area contributed by atoms with Crippen LogP contribution in [0.25, 0.3) is 0 Å². The first-order valence-electron chi connectivity index (χ1n) is 9.58. The van der Waals surface area contributed by atoms with Gasteiger partial charge in [-0.1, -0.05) is 20.8 Å². The molecule has 0 aliphatic carbocycles. The Kier molecular flexibility index (Phi) is 7.18. The largest absolute Gasteiger partial charge is 0.459 e. The molecule has 29 heavy (non-hydrogen) atoms. The molecule has 11 heteroatoms. The molecule has 4 N–H and O–H groups in total. The molecule has 0 saturated heterocycles. The third-order valence-electron chi connectivity index (χ3n) is 4.54. The van der Waals surface area contributed by atoms with E-state index in [1.165, 1.54) is 4.90 Å². The Morgan fingerprint density at radius 2 is 1.79 bits per heavy atom. The Bertz CT molecular complexity index is 839. The number of carbonyl (C=O) groups is 3. The molecule has 0 fully saturated rings. The van der Waals surface area contributed by atoms with Crippen LogP contribution in [0.5, 0.6) is 0 Å². The van der Waals surface area contributed by atoms with Gasteiger partial charge in [0.15, 0.2) is 17.6 Å². The first-order valence-corrected chi connectivity index (χ1v) is 9.58. The predicted molar refractivity (Wildman–Crippen MR) is 105 cm³/mol. The van der Waals surface area contributed by atoms with Gasteiger partial charge >= 0.3 is 11.9 Å². The summed E-state index contributed by atoms with van der Waals surface area (Å²) < 4.78 is 10.9. The zero-order chi connectivity index (χ0) is 21.7. The van der Waals surface area contributed by atoms with Crippen LogP contribution in [0, 0.1) is 0 Å². The molecule has 0 radical (unpaired) electrons. The minimum atomic E-state index is -0.994. The van der Waals surface area contributed by atoms with Crippen LogP contribution in [0.4, 0.5) is 17.5 Å². The van der Waals surface area contributed by atoms with Gasteiger partial charge in [-0.3, -0.25) is 29.1 Å². The van der Waals surface area contributed by atoms with Crippen molar-refractivity contribution in [2.45, 2.75) is 65.2 Å². The van der Waals surface area contributed by atoms with E-state index >= 15 is 0 Å². The predicted octanol–water partition coefficient (Wildman–Crippen LogP) is 0.553. The highest BCUT2D eigenvalue weighted by Crippen LogP contribution is 2.30. The number of nitrogens with two attached hydrogens (primary N) is 1. The maximum absolute atomic E-state index is 12.8. The van der Waals surface area contributed by atoms with Gasteiger partial charge in [-0.25, -0.2) is 0 Å². The van der Waals surface area contributed by atoms with Gasteiger partial charge in [0.2, 0.25) is 11.9 Å². The van der Waals surface area contributed by atoms with Crippen molar-refractivity contribution in [3.05, 3.63) is 10.4 Å². The van der Waals surface area contributed by atoms with Crippen LogP contribution in [0.3, 0.4) is 0 Å². The summed E-state index contributed by atoms with van der Waals surface area (Å²) in [6.45, 7) is 6.61. The molecular weight excluding hydrogens is 382 g/mol. The quantitative estimate of drug-likeness (QED) is 0.547. The maximum Gasteiger partial charge on any atom is 0.305 e. The van der Waals surface area contributed by atoms with Crippen LogP contribution < -0.4 is 21.5 Å². The molecule has 0 saturated carbocycles. The average molecular weight is 409 g/mol. The number of H-pyrrole nitrogens is 1. The zero-order valence-electron chi connectivity index (χ0n) is 17.0. The van der Waals surface area contributed by atoms with Gasteiger partial charge < -0.3 is 20.5 Å². The zero-order valence-corrected chi connectivity index (χ0v) is 17.0. The number of nitrogens with zero attached hydrogens (tertiary/aromatic N) is 2. The van der Waals surface area contributed by atoms with Crippen LogP contribution >= 0.6 is 0 Å². The summed E-state index contributed by atoms with van der Waals surface area (Å²) in [6, 6.07) is -0.795. The van der Waals surface area contributed by atoms with Crippen molar-refractivity contribution < 1.29 is 23.9 Å². The second-order valence-corrected chi connectivity index (χ2v) is 6.57. The van der Waals surface area contributed by atoms with Crippen molar-refractivity contribution in [1.29, 1.82) is 0 Å². The van der Waals surface area contributed by atoms with Crippen LogP contribution in [0.1, 0.15) is 47.0 Å². The summed E-state index contributed by atoms with van der Waals surface area (Å²) >= 11 is 0. The highest BCUT2D eigenvalue weighted by Gasteiger charge is 2.43. The molecule has 3 atom stereocenters. The topological polar surface area (TPSA) is 157 Å². The van der Waals surface area contributed by atoms with E-state index in [0.717, 1.165) is 0 Å². The third-order valence-corrected chi connectivity index (χ3v) is 4.54. The molecule has 1 amide bonds. The first kappa shape index (κ1) is 22.2. The SMILES string of the molecule is CCC(=O)O[C@@H](C)[C@H](OC(=O)CC)C1CNc2nc(N)[nH]c(=O)c2N1C(=O)CC. The van der Waals surface area contributed by atoms with Crippen molar-refractivity contribution in [1.82, 2.24) is 9.97 Å². The van der Waals surface area contributed by atoms with E-state index in [2.05, 4.69) is 15.3 Å². The average Bonchev–Trinajstić information content (AvgIpc) is 2.69. The summed E-state index contributed by atoms with van der Waals surface area (Å²) in [7, 11) is 0. The van der Waals surface area contributed by atoms with Gasteiger partial charge in [-0.2, -0.15) is 4.98 Å². The van der Waals surface area contributed by atoms with Crippen LogP contribution in [-0.4, -0.2) is 52.6 Å². The normalized spacial score (nSPS) is 17.5. The standard InChI is InChI=1S/C18H27N5O6/c1-5-11(24)23-10(8-20-16-14(23)17(27)22-18(19)21-16)15(29-13(26)7-3)9(4)28-12(25)6-2/h9-10,15H,5-8H2,1-4H3,(H4,19,20,21,22,27)/t9-,10?,15-/m0/s1. The fourth-order valence-corrected chi connectivity index (χ4v) is 3.11. The van der Waals surface area contributed by atoms with Crippen molar-refractivity contribution in [2.75, 3.05) is 22.5 Å². The smallest absolute Gasteiger partial charge is 0.305 e. The molecule has 1 aromatic rings. The Morgan fingerprint density at radius 1 is 1.17 bits per heavy atom. The Hall–Kier alpha value is -3.11. The van der Waals surface area contributed by atoms with E-state index in [1.54, 1.807) is 27.7 Å². The number of nitrogens with one attached hydrogen (secondary N) is 2. The Balaban J connectivity index is 2.52.